The average Bonchev–Trinajstić information content (AvgIpc) is 3.46. The molecule has 0 radical (unpaired) electrons. The van der Waals surface area contributed by atoms with Gasteiger partial charge in [0.05, 0.1) is 23.4 Å². The second-order valence-corrected chi connectivity index (χ2v) is 7.75. The third kappa shape index (κ3) is 7.21. The lowest BCUT2D eigenvalue weighted by molar-refractivity contribution is -0.137. The molecule has 176 valence electrons. The first kappa shape index (κ1) is 24.1. The Morgan fingerprint density at radius 2 is 2.00 bits per heavy atom. The van der Waals surface area contributed by atoms with Crippen molar-refractivity contribution in [2.45, 2.75) is 51.1 Å². The van der Waals surface area contributed by atoms with Gasteiger partial charge < -0.3 is 15.5 Å². The molecule has 0 spiro atoms. The van der Waals surface area contributed by atoms with E-state index >= 15 is 0 Å². The lowest BCUT2D eigenvalue weighted by Gasteiger charge is -2.16. The number of aliphatic hydroxyl groups is 1. The van der Waals surface area contributed by atoms with Crippen molar-refractivity contribution in [3.05, 3.63) is 53.7 Å². The molecule has 0 bridgehead atoms. The van der Waals surface area contributed by atoms with Crippen LogP contribution in [-0.4, -0.2) is 59.9 Å². The van der Waals surface area contributed by atoms with E-state index in [1.165, 1.54) is 18.2 Å². The van der Waals surface area contributed by atoms with Gasteiger partial charge in [0, 0.05) is 43.6 Å². The fourth-order valence-corrected chi connectivity index (χ4v) is 3.46. The van der Waals surface area contributed by atoms with Gasteiger partial charge in [0.2, 0.25) is 0 Å². The maximum Gasteiger partial charge on any atom is 0.305 e. The van der Waals surface area contributed by atoms with E-state index in [0.717, 1.165) is 25.7 Å². The van der Waals surface area contributed by atoms with Crippen LogP contribution in [0.1, 0.15) is 48.2 Å². The number of rotatable bonds is 13. The summed E-state index contributed by atoms with van der Waals surface area (Å²) < 4.78 is 16.0. The van der Waals surface area contributed by atoms with E-state index in [9.17, 15) is 19.1 Å². The minimum absolute atomic E-state index is 0.143. The van der Waals surface area contributed by atoms with Crippen molar-refractivity contribution in [2.75, 3.05) is 6.61 Å². The summed E-state index contributed by atoms with van der Waals surface area (Å²) in [5.41, 5.74) is 1.54. The summed E-state index contributed by atoms with van der Waals surface area (Å²) in [5.74, 6) is -2.52. The molecule has 0 aliphatic rings. The zero-order valence-corrected chi connectivity index (χ0v) is 18.1. The molecule has 0 aliphatic carbocycles. The molecule has 10 nitrogen and oxygen atoms in total. The zero-order valence-electron chi connectivity index (χ0n) is 18.1. The Morgan fingerprint density at radius 3 is 2.73 bits per heavy atom. The predicted molar refractivity (Wildman–Crippen MR) is 117 cm³/mol. The van der Waals surface area contributed by atoms with E-state index in [1.807, 2.05) is 0 Å². The van der Waals surface area contributed by atoms with Gasteiger partial charge >= 0.3 is 5.97 Å². The number of carbonyl (C=O) groups is 2. The largest absolute Gasteiger partial charge is 0.481 e. The minimum atomic E-state index is -1.09. The number of nitrogens with zero attached hydrogens (tertiary/aromatic N) is 4. The molecule has 3 rings (SSSR count). The number of hydrogen-bond acceptors (Lipinski definition) is 6. The number of halogens is 1. The van der Waals surface area contributed by atoms with E-state index < -0.39 is 23.7 Å². The monoisotopic (exact) mass is 458 g/mol. The molecule has 2 heterocycles. The van der Waals surface area contributed by atoms with Gasteiger partial charge in [-0.2, -0.15) is 5.10 Å². The van der Waals surface area contributed by atoms with Crippen LogP contribution >= 0.6 is 0 Å². The molecule has 2 aromatic heterocycles. The van der Waals surface area contributed by atoms with Crippen molar-refractivity contribution in [1.29, 1.82) is 0 Å². The third-order valence-electron chi connectivity index (χ3n) is 5.12. The number of benzene rings is 1. The number of aliphatic carboxylic acids is 1. The number of aromatic amines is 1. The van der Waals surface area contributed by atoms with Crippen molar-refractivity contribution in [1.82, 2.24) is 30.5 Å². The highest BCUT2D eigenvalue weighted by Crippen LogP contribution is 2.20. The molecule has 3 aromatic rings. The first-order valence-corrected chi connectivity index (χ1v) is 10.8. The van der Waals surface area contributed by atoms with Crippen LogP contribution in [0.4, 0.5) is 4.39 Å². The minimum Gasteiger partial charge on any atom is -0.481 e. The first-order chi connectivity index (χ1) is 16.0. The summed E-state index contributed by atoms with van der Waals surface area (Å²) in [6.45, 7) is 0.835. The highest BCUT2D eigenvalue weighted by molar-refractivity contribution is 5.96. The second-order valence-electron chi connectivity index (χ2n) is 7.75. The number of carboxylic acids is 1. The fourth-order valence-electron chi connectivity index (χ4n) is 3.46. The van der Waals surface area contributed by atoms with Gasteiger partial charge in [-0.15, -0.1) is 5.10 Å². The Balaban J connectivity index is 1.65. The SMILES string of the molecule is O=C(O)CC(Cc1cn(CCCCCCO)nn1)NC(=O)c1cc(-c2ccn[nH]2)ccc1F. The maximum absolute atomic E-state index is 14.4. The van der Waals surface area contributed by atoms with E-state index in [2.05, 4.69) is 25.8 Å². The molecule has 0 fully saturated rings. The molecule has 0 aliphatic heterocycles. The van der Waals surface area contributed by atoms with Gasteiger partial charge in [0.15, 0.2) is 0 Å². The van der Waals surface area contributed by atoms with E-state index in [0.29, 0.717) is 23.5 Å². The number of aliphatic hydroxyl groups excluding tert-OH is 1. The Bertz CT molecular complexity index is 1050. The van der Waals surface area contributed by atoms with Gasteiger partial charge in [-0.3, -0.25) is 19.4 Å². The van der Waals surface area contributed by atoms with E-state index in [-0.39, 0.29) is 25.0 Å². The van der Waals surface area contributed by atoms with Crippen molar-refractivity contribution in [3.8, 4) is 11.3 Å². The second kappa shape index (κ2) is 11.9. The number of H-pyrrole nitrogens is 1. The number of nitrogens with one attached hydrogen (secondary N) is 2. The first-order valence-electron chi connectivity index (χ1n) is 10.8. The number of amides is 1. The standard InChI is InChI=1S/C22H27FN6O4/c23-19-6-5-15(20-7-8-24-27-20)11-18(19)22(33)25-16(13-21(31)32)12-17-14-29(28-26-17)9-3-1-2-4-10-30/h5-8,11,14,16,30H,1-4,9-10,12-13H2,(H,24,27)(H,25,33)(H,31,32). The smallest absolute Gasteiger partial charge is 0.305 e. The molecule has 33 heavy (non-hydrogen) atoms. The van der Waals surface area contributed by atoms with Crippen molar-refractivity contribution < 1.29 is 24.2 Å². The number of hydrogen-bond donors (Lipinski definition) is 4. The fraction of sp³-hybridized carbons (Fsp3) is 0.409. The number of aromatic nitrogens is 5. The molecular formula is C22H27FN6O4. The highest BCUT2D eigenvalue weighted by Gasteiger charge is 2.21. The topological polar surface area (TPSA) is 146 Å². The van der Waals surface area contributed by atoms with Crippen LogP contribution in [0.25, 0.3) is 11.3 Å². The summed E-state index contributed by atoms with van der Waals surface area (Å²) in [6, 6.07) is 5.00. The maximum atomic E-state index is 14.4. The van der Waals surface area contributed by atoms with Crippen LogP contribution in [0.5, 0.6) is 0 Å². The molecule has 0 saturated carbocycles. The number of aryl methyl sites for hydroxylation is 1. The molecule has 11 heteroatoms. The summed E-state index contributed by atoms with van der Waals surface area (Å²) in [5, 5.41) is 35.4. The normalized spacial score (nSPS) is 11.9. The number of unbranched alkanes of at least 4 members (excludes halogenated alkanes) is 3. The molecular weight excluding hydrogens is 431 g/mol. The van der Waals surface area contributed by atoms with Gasteiger partial charge in [-0.05, 0) is 37.1 Å². The zero-order chi connectivity index (χ0) is 23.6. The van der Waals surface area contributed by atoms with Gasteiger partial charge in [0.25, 0.3) is 5.91 Å². The molecule has 1 atom stereocenters. The van der Waals surface area contributed by atoms with Crippen LogP contribution in [0.15, 0.2) is 36.7 Å². The van der Waals surface area contributed by atoms with E-state index in [4.69, 9.17) is 5.11 Å². The number of carbonyl (C=O) groups excluding carboxylic acids is 1. The summed E-state index contributed by atoms with van der Waals surface area (Å²) in [4.78, 5) is 24.1. The van der Waals surface area contributed by atoms with Crippen molar-refractivity contribution in [2.24, 2.45) is 0 Å². The summed E-state index contributed by atoms with van der Waals surface area (Å²) in [6.07, 6.45) is 6.59. The van der Waals surface area contributed by atoms with Gasteiger partial charge in [-0.25, -0.2) is 4.39 Å². The van der Waals surface area contributed by atoms with Gasteiger partial charge in [0.1, 0.15) is 5.82 Å². The Hall–Kier alpha value is -3.60. The molecule has 4 N–H and O–H groups in total. The Morgan fingerprint density at radius 1 is 1.18 bits per heavy atom. The Labute approximate surface area is 189 Å². The quantitative estimate of drug-likeness (QED) is 0.287. The average molecular weight is 458 g/mol. The van der Waals surface area contributed by atoms with Crippen LogP contribution in [0, 0.1) is 5.82 Å². The highest BCUT2D eigenvalue weighted by atomic mass is 19.1. The molecule has 0 saturated heterocycles. The van der Waals surface area contributed by atoms with Crippen LogP contribution in [0.2, 0.25) is 0 Å². The number of carboxylic acid groups (broad SMARTS) is 1. The predicted octanol–water partition coefficient (Wildman–Crippen LogP) is 2.18. The van der Waals surface area contributed by atoms with Gasteiger partial charge in [-0.1, -0.05) is 18.1 Å². The van der Waals surface area contributed by atoms with Crippen LogP contribution < -0.4 is 5.32 Å². The van der Waals surface area contributed by atoms with Crippen molar-refractivity contribution >= 4 is 11.9 Å². The third-order valence-corrected chi connectivity index (χ3v) is 5.12. The Kier molecular flexibility index (Phi) is 8.64. The lowest BCUT2D eigenvalue weighted by atomic mass is 10.0. The molecule has 1 unspecified atom stereocenters. The lowest BCUT2D eigenvalue weighted by Crippen LogP contribution is -2.38. The van der Waals surface area contributed by atoms with Crippen LogP contribution in [0.3, 0.4) is 0 Å². The summed E-state index contributed by atoms with van der Waals surface area (Å²) in [7, 11) is 0. The molecule has 1 aromatic carbocycles. The van der Waals surface area contributed by atoms with Crippen LogP contribution in [-0.2, 0) is 17.8 Å². The summed E-state index contributed by atoms with van der Waals surface area (Å²) >= 11 is 0. The van der Waals surface area contributed by atoms with Crippen molar-refractivity contribution in [3.63, 3.8) is 0 Å². The van der Waals surface area contributed by atoms with E-state index in [1.54, 1.807) is 23.1 Å². The molecule has 1 amide bonds.